The first-order chi connectivity index (χ1) is 9.04. The lowest BCUT2D eigenvalue weighted by molar-refractivity contribution is 0.0308. The van der Waals surface area contributed by atoms with E-state index < -0.39 is 5.66 Å². The van der Waals surface area contributed by atoms with Gasteiger partial charge in [-0.25, -0.2) is 4.79 Å². The average molecular weight is 390 g/mol. The molecule has 8 heteroatoms. The number of hydrogen-bond acceptors (Lipinski definition) is 2. The highest BCUT2D eigenvalue weighted by Gasteiger charge is 2.60. The Morgan fingerprint density at radius 2 is 2.16 bits per heavy atom. The number of hydrogen-bond donors (Lipinski definition) is 2. The number of rotatable bonds is 0. The quantitative estimate of drug-likeness (QED) is 0.710. The minimum Gasteiger partial charge on any atom is -0.313 e. The van der Waals surface area contributed by atoms with Crippen molar-refractivity contribution in [1.82, 2.24) is 20.1 Å². The number of carbonyl (C=O) groups excluding carboxylic acids is 2. The summed E-state index contributed by atoms with van der Waals surface area (Å²) in [6, 6.07) is 1.56. The van der Waals surface area contributed by atoms with Gasteiger partial charge in [0.25, 0.3) is 5.91 Å². The van der Waals surface area contributed by atoms with Gasteiger partial charge in [-0.15, -0.1) is 0 Å². The Kier molecular flexibility index (Phi) is 2.20. The van der Waals surface area contributed by atoms with Crippen LogP contribution in [0, 0.1) is 0 Å². The lowest BCUT2D eigenvalue weighted by Crippen LogP contribution is -2.62. The van der Waals surface area contributed by atoms with Crippen molar-refractivity contribution in [2.75, 3.05) is 6.54 Å². The molecule has 0 radical (unpaired) electrons. The molecule has 2 saturated heterocycles. The molecule has 1 aromatic rings. The lowest BCUT2D eigenvalue weighted by Gasteiger charge is -2.43. The Balaban J connectivity index is 2.00. The summed E-state index contributed by atoms with van der Waals surface area (Å²) in [6.45, 7) is 0.678. The van der Waals surface area contributed by atoms with Gasteiger partial charge in [-0.3, -0.25) is 4.79 Å². The molecule has 0 unspecified atom stereocenters. The van der Waals surface area contributed by atoms with Gasteiger partial charge in [0.1, 0.15) is 10.3 Å². The van der Waals surface area contributed by atoms with Crippen molar-refractivity contribution in [2.24, 2.45) is 0 Å². The van der Waals surface area contributed by atoms with Crippen LogP contribution in [0.15, 0.2) is 15.1 Å². The number of nitrogens with one attached hydrogen (secondary N) is 2. The van der Waals surface area contributed by atoms with Gasteiger partial charge in [-0.2, -0.15) is 0 Å². The predicted octanol–water partition coefficient (Wildman–Crippen LogP) is 1.77. The molecule has 4 heterocycles. The van der Waals surface area contributed by atoms with Crippen molar-refractivity contribution in [3.63, 3.8) is 0 Å². The van der Waals surface area contributed by atoms with Crippen molar-refractivity contribution >= 4 is 43.8 Å². The molecule has 3 aliphatic heterocycles. The number of urea groups is 1. The van der Waals surface area contributed by atoms with Gasteiger partial charge >= 0.3 is 6.03 Å². The standard InChI is InChI=1S/C11H10Br2N4O2/c12-5-4-6-8(18)16-3-1-2-11(16)9(14-10(19)15-11)17(6)7(5)13/h4,9H,1-3H2,(H2,14,15,19)/t9-,11+/m1/s1. The summed E-state index contributed by atoms with van der Waals surface area (Å²) >= 11 is 6.90. The summed E-state index contributed by atoms with van der Waals surface area (Å²) < 4.78 is 3.44. The van der Waals surface area contributed by atoms with Crippen LogP contribution in [0.25, 0.3) is 0 Å². The molecule has 100 valence electrons. The van der Waals surface area contributed by atoms with Crippen molar-refractivity contribution < 1.29 is 9.59 Å². The average Bonchev–Trinajstić information content (AvgIpc) is 2.99. The monoisotopic (exact) mass is 388 g/mol. The van der Waals surface area contributed by atoms with E-state index in [0.29, 0.717) is 12.2 Å². The summed E-state index contributed by atoms with van der Waals surface area (Å²) in [7, 11) is 0. The third-order valence-electron chi connectivity index (χ3n) is 4.13. The summed E-state index contributed by atoms with van der Waals surface area (Å²) in [5, 5.41) is 5.85. The first-order valence-corrected chi connectivity index (χ1v) is 7.60. The first-order valence-electron chi connectivity index (χ1n) is 6.01. The largest absolute Gasteiger partial charge is 0.318 e. The van der Waals surface area contributed by atoms with E-state index in [2.05, 4.69) is 42.5 Å². The number of halogens is 2. The van der Waals surface area contributed by atoms with E-state index in [1.54, 1.807) is 11.0 Å². The molecule has 2 atom stereocenters. The molecule has 0 saturated carbocycles. The van der Waals surface area contributed by atoms with E-state index in [4.69, 9.17) is 0 Å². The van der Waals surface area contributed by atoms with Crippen LogP contribution in [-0.4, -0.2) is 33.6 Å². The predicted molar refractivity (Wildman–Crippen MR) is 73.5 cm³/mol. The fraction of sp³-hybridized carbons (Fsp3) is 0.455. The third-order valence-corrected chi connectivity index (χ3v) is 6.07. The molecule has 3 amide bonds. The minimum absolute atomic E-state index is 0.0378. The first kappa shape index (κ1) is 11.8. The topological polar surface area (TPSA) is 66.4 Å². The maximum Gasteiger partial charge on any atom is 0.318 e. The van der Waals surface area contributed by atoms with E-state index in [1.807, 2.05) is 4.57 Å². The summed E-state index contributed by atoms with van der Waals surface area (Å²) in [4.78, 5) is 26.2. The summed E-state index contributed by atoms with van der Waals surface area (Å²) in [5.74, 6) is -0.0378. The van der Waals surface area contributed by atoms with Gasteiger partial charge in [0.2, 0.25) is 0 Å². The zero-order valence-electron chi connectivity index (χ0n) is 9.74. The fourth-order valence-corrected chi connectivity index (χ4v) is 4.30. The molecule has 0 bridgehead atoms. The Morgan fingerprint density at radius 3 is 2.95 bits per heavy atom. The zero-order chi connectivity index (χ0) is 13.4. The van der Waals surface area contributed by atoms with Gasteiger partial charge < -0.3 is 20.1 Å². The third kappa shape index (κ3) is 1.26. The molecule has 1 spiro atoms. The Morgan fingerprint density at radius 1 is 1.37 bits per heavy atom. The van der Waals surface area contributed by atoms with Crippen molar-refractivity contribution in [1.29, 1.82) is 0 Å². The van der Waals surface area contributed by atoms with Crippen LogP contribution in [-0.2, 0) is 0 Å². The molecule has 2 N–H and O–H groups in total. The highest BCUT2D eigenvalue weighted by Crippen LogP contribution is 2.46. The van der Waals surface area contributed by atoms with E-state index in [1.165, 1.54) is 0 Å². The molecular weight excluding hydrogens is 380 g/mol. The summed E-state index contributed by atoms with van der Waals surface area (Å²) in [6.07, 6.45) is 1.40. The fourth-order valence-electron chi connectivity index (χ4n) is 3.39. The van der Waals surface area contributed by atoms with Crippen molar-refractivity contribution in [3.05, 3.63) is 20.8 Å². The van der Waals surface area contributed by atoms with E-state index >= 15 is 0 Å². The van der Waals surface area contributed by atoms with Crippen LogP contribution in [0.3, 0.4) is 0 Å². The summed E-state index contributed by atoms with van der Waals surface area (Å²) in [5.41, 5.74) is -0.0347. The highest BCUT2D eigenvalue weighted by atomic mass is 79.9. The SMILES string of the molecule is O=C1N[C@@H]2n3c(cc(Br)c3Br)C(=O)N3CCC[C@@]23N1. The molecule has 6 nitrogen and oxygen atoms in total. The number of fused-ring (bicyclic) bond motifs is 2. The van der Waals surface area contributed by atoms with Crippen LogP contribution in [0.4, 0.5) is 4.79 Å². The van der Waals surface area contributed by atoms with Crippen LogP contribution < -0.4 is 10.6 Å². The smallest absolute Gasteiger partial charge is 0.313 e. The van der Waals surface area contributed by atoms with Gasteiger partial charge in [-0.05, 0) is 50.8 Å². The molecule has 3 aliphatic rings. The molecule has 1 aromatic heterocycles. The van der Waals surface area contributed by atoms with Crippen LogP contribution in [0.5, 0.6) is 0 Å². The van der Waals surface area contributed by atoms with Crippen molar-refractivity contribution in [2.45, 2.75) is 24.7 Å². The number of aromatic nitrogens is 1. The lowest BCUT2D eigenvalue weighted by atomic mass is 10.0. The molecular formula is C11H10Br2N4O2. The zero-order valence-corrected chi connectivity index (χ0v) is 12.9. The maximum absolute atomic E-state index is 12.6. The van der Waals surface area contributed by atoms with E-state index in [0.717, 1.165) is 21.9 Å². The second-order valence-corrected chi connectivity index (χ2v) is 6.63. The Labute approximate surface area is 125 Å². The van der Waals surface area contributed by atoms with Crippen molar-refractivity contribution in [3.8, 4) is 0 Å². The minimum atomic E-state index is -0.623. The van der Waals surface area contributed by atoms with Gasteiger partial charge in [0.05, 0.1) is 4.47 Å². The van der Waals surface area contributed by atoms with E-state index in [-0.39, 0.29) is 18.1 Å². The Hall–Kier alpha value is -1.02. The van der Waals surface area contributed by atoms with E-state index in [9.17, 15) is 9.59 Å². The van der Waals surface area contributed by atoms with Gasteiger partial charge in [0.15, 0.2) is 11.8 Å². The van der Waals surface area contributed by atoms with Crippen LogP contribution >= 0.6 is 31.9 Å². The van der Waals surface area contributed by atoms with Crippen LogP contribution in [0.1, 0.15) is 29.5 Å². The number of amides is 3. The highest BCUT2D eigenvalue weighted by molar-refractivity contribution is 9.13. The van der Waals surface area contributed by atoms with Crippen LogP contribution in [0.2, 0.25) is 0 Å². The number of carbonyl (C=O) groups is 2. The molecule has 2 fully saturated rings. The number of nitrogens with zero attached hydrogens (tertiary/aromatic N) is 2. The van der Waals surface area contributed by atoms with Gasteiger partial charge in [0, 0.05) is 6.54 Å². The molecule has 0 aliphatic carbocycles. The molecule has 19 heavy (non-hydrogen) atoms. The normalized spacial score (nSPS) is 31.7. The second-order valence-electron chi connectivity index (χ2n) is 5.02. The van der Waals surface area contributed by atoms with Gasteiger partial charge in [-0.1, -0.05) is 0 Å². The molecule has 0 aromatic carbocycles. The molecule has 4 rings (SSSR count). The Bertz CT molecular complexity index is 628. The maximum atomic E-state index is 12.6. The second kappa shape index (κ2) is 3.54.